The molecule has 1 aliphatic heterocycles. The van der Waals surface area contributed by atoms with Gasteiger partial charge in [-0.1, -0.05) is 36.4 Å². The maximum atomic E-state index is 8.45. The quantitative estimate of drug-likeness (QED) is 0.778. The van der Waals surface area contributed by atoms with Gasteiger partial charge < -0.3 is 5.32 Å². The highest BCUT2D eigenvalue weighted by Crippen LogP contribution is 2.12. The van der Waals surface area contributed by atoms with Crippen LogP contribution in [0, 0.1) is 22.7 Å². The molecule has 0 unspecified atom stereocenters. The SMILES string of the molecule is N#Cc1ccccc1C#N.c1ccc2c(c1)CNC2. The summed E-state index contributed by atoms with van der Waals surface area (Å²) in [7, 11) is 0. The molecule has 0 radical (unpaired) electrons. The van der Waals surface area contributed by atoms with Crippen LogP contribution in [0.4, 0.5) is 0 Å². The number of fused-ring (bicyclic) bond motifs is 1. The van der Waals surface area contributed by atoms with Gasteiger partial charge in [-0.15, -0.1) is 0 Å². The van der Waals surface area contributed by atoms with Crippen LogP contribution in [0.25, 0.3) is 0 Å². The van der Waals surface area contributed by atoms with E-state index in [1.54, 1.807) is 24.3 Å². The molecular formula is C16H13N3. The van der Waals surface area contributed by atoms with Crippen molar-refractivity contribution in [2.75, 3.05) is 0 Å². The molecule has 0 bridgehead atoms. The molecule has 0 saturated heterocycles. The van der Waals surface area contributed by atoms with E-state index in [0.717, 1.165) is 13.1 Å². The molecule has 19 heavy (non-hydrogen) atoms. The van der Waals surface area contributed by atoms with Crippen molar-refractivity contribution >= 4 is 0 Å². The average Bonchev–Trinajstić information content (AvgIpc) is 2.96. The summed E-state index contributed by atoms with van der Waals surface area (Å²) in [4.78, 5) is 0. The van der Waals surface area contributed by atoms with E-state index in [2.05, 4.69) is 29.6 Å². The molecule has 0 aliphatic carbocycles. The second-order valence-electron chi connectivity index (χ2n) is 4.14. The van der Waals surface area contributed by atoms with E-state index in [0.29, 0.717) is 11.1 Å². The van der Waals surface area contributed by atoms with Gasteiger partial charge in [0.2, 0.25) is 0 Å². The minimum absolute atomic E-state index is 0.435. The molecule has 2 aromatic rings. The van der Waals surface area contributed by atoms with Crippen LogP contribution < -0.4 is 5.32 Å². The van der Waals surface area contributed by atoms with Gasteiger partial charge >= 0.3 is 0 Å². The predicted octanol–water partition coefficient (Wildman–Crippen LogP) is 2.72. The number of nitrogens with one attached hydrogen (secondary N) is 1. The summed E-state index contributed by atoms with van der Waals surface area (Å²) in [5, 5.41) is 20.2. The fourth-order valence-electron chi connectivity index (χ4n) is 1.91. The lowest BCUT2D eigenvalue weighted by Gasteiger charge is -1.91. The maximum absolute atomic E-state index is 8.45. The Morgan fingerprint density at radius 2 is 1.16 bits per heavy atom. The normalized spacial score (nSPS) is 11.5. The second kappa shape index (κ2) is 6.35. The third-order valence-electron chi connectivity index (χ3n) is 2.92. The second-order valence-corrected chi connectivity index (χ2v) is 4.14. The number of nitrogens with zero attached hydrogens (tertiary/aromatic N) is 2. The Morgan fingerprint density at radius 3 is 1.58 bits per heavy atom. The fourth-order valence-corrected chi connectivity index (χ4v) is 1.91. The average molecular weight is 247 g/mol. The first kappa shape index (κ1) is 12.8. The Hall–Kier alpha value is -2.62. The van der Waals surface area contributed by atoms with Gasteiger partial charge in [-0.2, -0.15) is 10.5 Å². The monoisotopic (exact) mass is 247 g/mol. The van der Waals surface area contributed by atoms with Crippen molar-refractivity contribution < 1.29 is 0 Å². The van der Waals surface area contributed by atoms with Crippen LogP contribution >= 0.6 is 0 Å². The minimum atomic E-state index is 0.435. The van der Waals surface area contributed by atoms with E-state index < -0.39 is 0 Å². The number of hydrogen-bond acceptors (Lipinski definition) is 3. The highest BCUT2D eigenvalue weighted by molar-refractivity contribution is 5.44. The molecule has 3 heteroatoms. The third-order valence-corrected chi connectivity index (χ3v) is 2.92. The lowest BCUT2D eigenvalue weighted by Crippen LogP contribution is -1.99. The van der Waals surface area contributed by atoms with Crippen LogP contribution in [0.3, 0.4) is 0 Å². The van der Waals surface area contributed by atoms with E-state index in [4.69, 9.17) is 10.5 Å². The summed E-state index contributed by atoms with van der Waals surface area (Å²) in [5.74, 6) is 0. The number of benzene rings is 2. The summed E-state index contributed by atoms with van der Waals surface area (Å²) >= 11 is 0. The van der Waals surface area contributed by atoms with Crippen molar-refractivity contribution in [2.24, 2.45) is 0 Å². The van der Waals surface area contributed by atoms with E-state index in [9.17, 15) is 0 Å². The summed E-state index contributed by atoms with van der Waals surface area (Å²) in [6.45, 7) is 2.10. The number of hydrogen-bond donors (Lipinski definition) is 1. The standard InChI is InChI=1S/C8H4N2.C8H9N/c9-5-7-3-1-2-4-8(7)6-10;1-2-4-8-6-9-5-7(8)3-1/h1-4H;1-4,9H,5-6H2. The van der Waals surface area contributed by atoms with E-state index >= 15 is 0 Å². The molecule has 0 spiro atoms. The van der Waals surface area contributed by atoms with Gasteiger partial charge in [0.15, 0.2) is 0 Å². The molecule has 3 nitrogen and oxygen atoms in total. The molecule has 0 fully saturated rings. The summed E-state index contributed by atoms with van der Waals surface area (Å²) < 4.78 is 0. The van der Waals surface area contributed by atoms with Crippen LogP contribution in [0.1, 0.15) is 22.3 Å². The van der Waals surface area contributed by atoms with Gasteiger partial charge in [0.25, 0.3) is 0 Å². The zero-order chi connectivity index (χ0) is 13.5. The first-order chi connectivity index (χ1) is 9.35. The van der Waals surface area contributed by atoms with Crippen LogP contribution in [0.15, 0.2) is 48.5 Å². The Balaban J connectivity index is 0.000000141. The summed E-state index contributed by atoms with van der Waals surface area (Å²) in [6.07, 6.45) is 0. The van der Waals surface area contributed by atoms with Crippen LogP contribution in [-0.2, 0) is 13.1 Å². The molecule has 1 heterocycles. The van der Waals surface area contributed by atoms with Crippen molar-refractivity contribution in [1.29, 1.82) is 10.5 Å². The lowest BCUT2D eigenvalue weighted by molar-refractivity contribution is 0.765. The summed E-state index contributed by atoms with van der Waals surface area (Å²) in [6, 6.07) is 19.1. The first-order valence-electron chi connectivity index (χ1n) is 6.02. The van der Waals surface area contributed by atoms with Gasteiger partial charge in [-0.25, -0.2) is 0 Å². The Bertz CT molecular complexity index is 592. The van der Waals surface area contributed by atoms with Gasteiger partial charge in [-0.3, -0.25) is 0 Å². The maximum Gasteiger partial charge on any atom is 0.101 e. The fraction of sp³-hybridized carbons (Fsp3) is 0.125. The third kappa shape index (κ3) is 3.19. The highest BCUT2D eigenvalue weighted by Gasteiger charge is 2.06. The topological polar surface area (TPSA) is 59.6 Å². The van der Waals surface area contributed by atoms with Gasteiger partial charge in [0.1, 0.15) is 12.1 Å². The van der Waals surface area contributed by atoms with E-state index in [1.165, 1.54) is 11.1 Å². The zero-order valence-electron chi connectivity index (χ0n) is 10.4. The van der Waals surface area contributed by atoms with Crippen LogP contribution in [-0.4, -0.2) is 0 Å². The smallest absolute Gasteiger partial charge is 0.101 e. The van der Waals surface area contributed by atoms with E-state index in [1.807, 2.05) is 12.1 Å². The Kier molecular flexibility index (Phi) is 4.29. The van der Waals surface area contributed by atoms with Crippen molar-refractivity contribution in [3.63, 3.8) is 0 Å². The molecule has 3 rings (SSSR count). The molecular weight excluding hydrogens is 234 g/mol. The first-order valence-corrected chi connectivity index (χ1v) is 6.02. The molecule has 0 atom stereocenters. The van der Waals surface area contributed by atoms with Crippen molar-refractivity contribution in [2.45, 2.75) is 13.1 Å². The Morgan fingerprint density at radius 1 is 0.737 bits per heavy atom. The van der Waals surface area contributed by atoms with Crippen molar-refractivity contribution in [1.82, 2.24) is 5.32 Å². The van der Waals surface area contributed by atoms with Crippen LogP contribution in [0.2, 0.25) is 0 Å². The van der Waals surface area contributed by atoms with E-state index in [-0.39, 0.29) is 0 Å². The van der Waals surface area contributed by atoms with Crippen LogP contribution in [0.5, 0.6) is 0 Å². The number of rotatable bonds is 0. The van der Waals surface area contributed by atoms with Gasteiger partial charge in [0.05, 0.1) is 11.1 Å². The summed E-state index contributed by atoms with van der Waals surface area (Å²) in [5.41, 5.74) is 3.78. The molecule has 0 amide bonds. The molecule has 1 N–H and O–H groups in total. The zero-order valence-corrected chi connectivity index (χ0v) is 10.4. The molecule has 2 aromatic carbocycles. The highest BCUT2D eigenvalue weighted by atomic mass is 14.9. The van der Waals surface area contributed by atoms with Gasteiger partial charge in [0, 0.05) is 13.1 Å². The van der Waals surface area contributed by atoms with Crippen molar-refractivity contribution in [3.8, 4) is 12.1 Å². The van der Waals surface area contributed by atoms with Gasteiger partial charge in [-0.05, 0) is 23.3 Å². The number of nitriles is 2. The largest absolute Gasteiger partial charge is 0.309 e. The Labute approximate surface area is 112 Å². The molecule has 92 valence electrons. The molecule has 0 saturated carbocycles. The minimum Gasteiger partial charge on any atom is -0.309 e. The molecule has 0 aromatic heterocycles. The predicted molar refractivity (Wildman–Crippen MR) is 72.9 cm³/mol. The van der Waals surface area contributed by atoms with Crippen molar-refractivity contribution in [3.05, 3.63) is 70.8 Å². The molecule has 1 aliphatic rings. The lowest BCUT2D eigenvalue weighted by atomic mass is 10.1.